The number of aliphatic imine (C=N–C) groups is 1. The van der Waals surface area contributed by atoms with E-state index < -0.39 is 6.10 Å². The third-order valence-corrected chi connectivity index (χ3v) is 3.57. The van der Waals surface area contributed by atoms with E-state index in [0.717, 1.165) is 18.7 Å². The number of piperidine rings is 1. The average molecular weight is 291 g/mol. The van der Waals surface area contributed by atoms with Crippen molar-refractivity contribution in [1.82, 2.24) is 4.90 Å². The van der Waals surface area contributed by atoms with Gasteiger partial charge in [-0.1, -0.05) is 30.3 Å². The third-order valence-electron chi connectivity index (χ3n) is 3.57. The summed E-state index contributed by atoms with van der Waals surface area (Å²) in [6.07, 6.45) is 2.98. The maximum Gasteiger partial charge on any atom is 0.191 e. The topological polar surface area (TPSA) is 71.1 Å². The monoisotopic (exact) mass is 291 g/mol. The number of benzene rings is 1. The SMILES string of the molecule is NC(=NCC(O)COCc1ccccc1)N1CCCCC1. The number of hydrogen-bond acceptors (Lipinski definition) is 3. The molecule has 5 heteroatoms. The molecular formula is C16H25N3O2. The van der Waals surface area contributed by atoms with Crippen LogP contribution in [0.5, 0.6) is 0 Å². The summed E-state index contributed by atoms with van der Waals surface area (Å²) >= 11 is 0. The fourth-order valence-electron chi connectivity index (χ4n) is 2.36. The molecule has 1 heterocycles. The number of guanidine groups is 1. The molecule has 2 rings (SSSR count). The Hall–Kier alpha value is -1.59. The molecule has 0 spiro atoms. The fourth-order valence-corrected chi connectivity index (χ4v) is 2.36. The van der Waals surface area contributed by atoms with Gasteiger partial charge in [-0.15, -0.1) is 0 Å². The smallest absolute Gasteiger partial charge is 0.191 e. The first-order valence-corrected chi connectivity index (χ1v) is 7.60. The molecule has 1 saturated heterocycles. The summed E-state index contributed by atoms with van der Waals surface area (Å²) in [5.41, 5.74) is 7.04. The normalized spacial score (nSPS) is 17.8. The van der Waals surface area contributed by atoms with Gasteiger partial charge in [0.1, 0.15) is 0 Å². The number of ether oxygens (including phenoxy) is 1. The molecule has 1 atom stereocenters. The van der Waals surface area contributed by atoms with Gasteiger partial charge >= 0.3 is 0 Å². The first-order valence-electron chi connectivity index (χ1n) is 7.60. The van der Waals surface area contributed by atoms with Crippen molar-refractivity contribution in [2.75, 3.05) is 26.2 Å². The van der Waals surface area contributed by atoms with E-state index in [9.17, 15) is 5.11 Å². The molecule has 5 nitrogen and oxygen atoms in total. The zero-order chi connectivity index (χ0) is 14.9. The minimum atomic E-state index is -0.614. The number of likely N-dealkylation sites (tertiary alicyclic amines) is 1. The van der Waals surface area contributed by atoms with E-state index in [2.05, 4.69) is 9.89 Å². The summed E-state index contributed by atoms with van der Waals surface area (Å²) in [6, 6.07) is 9.91. The van der Waals surface area contributed by atoms with Crippen LogP contribution >= 0.6 is 0 Å². The molecular weight excluding hydrogens is 266 g/mol. The highest BCUT2D eigenvalue weighted by molar-refractivity contribution is 5.78. The third kappa shape index (κ3) is 5.73. The van der Waals surface area contributed by atoms with E-state index in [1.807, 2.05) is 30.3 Å². The van der Waals surface area contributed by atoms with Crippen LogP contribution in [-0.4, -0.2) is 48.3 Å². The maximum absolute atomic E-state index is 9.87. The number of nitrogens with zero attached hydrogens (tertiary/aromatic N) is 2. The van der Waals surface area contributed by atoms with Crippen LogP contribution in [0.1, 0.15) is 24.8 Å². The Kier molecular flexibility index (Phi) is 6.50. The quantitative estimate of drug-likeness (QED) is 0.613. The number of aliphatic hydroxyl groups excluding tert-OH is 1. The van der Waals surface area contributed by atoms with Crippen molar-refractivity contribution in [2.24, 2.45) is 10.7 Å². The van der Waals surface area contributed by atoms with Crippen LogP contribution in [0.2, 0.25) is 0 Å². The molecule has 116 valence electrons. The summed E-state index contributed by atoms with van der Waals surface area (Å²) in [7, 11) is 0. The van der Waals surface area contributed by atoms with Gasteiger partial charge in [0.15, 0.2) is 5.96 Å². The van der Waals surface area contributed by atoms with E-state index in [-0.39, 0.29) is 13.2 Å². The van der Waals surface area contributed by atoms with Gasteiger partial charge in [0.2, 0.25) is 0 Å². The van der Waals surface area contributed by atoms with Gasteiger partial charge in [0.25, 0.3) is 0 Å². The molecule has 1 aliphatic rings. The van der Waals surface area contributed by atoms with Crippen molar-refractivity contribution in [3.63, 3.8) is 0 Å². The molecule has 3 N–H and O–H groups in total. The molecule has 1 unspecified atom stereocenters. The van der Waals surface area contributed by atoms with Gasteiger partial charge in [-0.25, -0.2) is 0 Å². The van der Waals surface area contributed by atoms with Crippen LogP contribution in [0.4, 0.5) is 0 Å². The van der Waals surface area contributed by atoms with Crippen molar-refractivity contribution in [3.05, 3.63) is 35.9 Å². The highest BCUT2D eigenvalue weighted by Gasteiger charge is 2.12. The lowest BCUT2D eigenvalue weighted by Gasteiger charge is -2.27. The van der Waals surface area contributed by atoms with Gasteiger partial charge in [-0.2, -0.15) is 0 Å². The van der Waals surface area contributed by atoms with E-state index in [0.29, 0.717) is 12.6 Å². The van der Waals surface area contributed by atoms with Crippen molar-refractivity contribution >= 4 is 5.96 Å². The Bertz CT molecular complexity index is 430. The summed E-state index contributed by atoms with van der Waals surface area (Å²) < 4.78 is 5.49. The summed E-state index contributed by atoms with van der Waals surface area (Å²) in [6.45, 7) is 3.00. The summed E-state index contributed by atoms with van der Waals surface area (Å²) in [5, 5.41) is 9.87. The highest BCUT2D eigenvalue weighted by Crippen LogP contribution is 2.08. The molecule has 1 aliphatic heterocycles. The fraction of sp³-hybridized carbons (Fsp3) is 0.562. The lowest BCUT2D eigenvalue weighted by atomic mass is 10.1. The molecule has 0 bridgehead atoms. The van der Waals surface area contributed by atoms with Gasteiger partial charge in [-0.3, -0.25) is 4.99 Å². The predicted molar refractivity (Wildman–Crippen MR) is 84.0 cm³/mol. The van der Waals surface area contributed by atoms with E-state index in [1.54, 1.807) is 0 Å². The molecule has 1 aromatic rings. The Labute approximate surface area is 126 Å². The Morgan fingerprint density at radius 2 is 1.95 bits per heavy atom. The molecule has 1 fully saturated rings. The van der Waals surface area contributed by atoms with Crippen LogP contribution in [-0.2, 0) is 11.3 Å². The number of hydrogen-bond donors (Lipinski definition) is 2. The van der Waals surface area contributed by atoms with E-state index in [1.165, 1.54) is 19.3 Å². The zero-order valence-electron chi connectivity index (χ0n) is 12.4. The second kappa shape index (κ2) is 8.64. The first kappa shape index (κ1) is 15.8. The van der Waals surface area contributed by atoms with E-state index in [4.69, 9.17) is 10.5 Å². The highest BCUT2D eigenvalue weighted by atomic mass is 16.5. The Balaban J connectivity index is 1.65. The van der Waals surface area contributed by atoms with Crippen LogP contribution in [0.15, 0.2) is 35.3 Å². The molecule has 0 saturated carbocycles. The van der Waals surface area contributed by atoms with Crippen LogP contribution in [0.25, 0.3) is 0 Å². The summed E-state index contributed by atoms with van der Waals surface area (Å²) in [4.78, 5) is 6.35. The van der Waals surface area contributed by atoms with Crippen LogP contribution in [0.3, 0.4) is 0 Å². The van der Waals surface area contributed by atoms with Gasteiger partial charge in [0, 0.05) is 13.1 Å². The Morgan fingerprint density at radius 3 is 2.67 bits per heavy atom. The molecule has 0 aliphatic carbocycles. The minimum Gasteiger partial charge on any atom is -0.389 e. The standard InChI is InChI=1S/C16H25N3O2/c17-16(19-9-5-2-6-10-19)18-11-15(20)13-21-12-14-7-3-1-4-8-14/h1,3-4,7-8,15,20H,2,5-6,9-13H2,(H2,17,18). The predicted octanol–water partition coefficient (Wildman–Crippen LogP) is 1.36. The van der Waals surface area contributed by atoms with Gasteiger partial charge < -0.3 is 20.5 Å². The molecule has 0 aromatic heterocycles. The zero-order valence-corrected chi connectivity index (χ0v) is 12.4. The lowest BCUT2D eigenvalue weighted by molar-refractivity contribution is 0.0330. The Morgan fingerprint density at radius 1 is 1.24 bits per heavy atom. The van der Waals surface area contributed by atoms with Gasteiger partial charge in [0.05, 0.1) is 25.9 Å². The maximum atomic E-state index is 9.87. The van der Waals surface area contributed by atoms with Crippen LogP contribution in [0, 0.1) is 0 Å². The number of nitrogens with two attached hydrogens (primary N) is 1. The number of aliphatic hydroxyl groups is 1. The second-order valence-corrected chi connectivity index (χ2v) is 5.40. The lowest BCUT2D eigenvalue weighted by Crippen LogP contribution is -2.41. The number of rotatable bonds is 6. The first-order chi connectivity index (χ1) is 10.3. The summed E-state index contributed by atoms with van der Waals surface area (Å²) in [5.74, 6) is 0.539. The van der Waals surface area contributed by atoms with Crippen molar-refractivity contribution in [1.29, 1.82) is 0 Å². The molecule has 1 aromatic carbocycles. The van der Waals surface area contributed by atoms with Crippen molar-refractivity contribution in [2.45, 2.75) is 32.0 Å². The largest absolute Gasteiger partial charge is 0.389 e. The second-order valence-electron chi connectivity index (χ2n) is 5.40. The van der Waals surface area contributed by atoms with Gasteiger partial charge in [-0.05, 0) is 24.8 Å². The molecule has 0 radical (unpaired) electrons. The van der Waals surface area contributed by atoms with Crippen molar-refractivity contribution in [3.8, 4) is 0 Å². The molecule has 0 amide bonds. The van der Waals surface area contributed by atoms with E-state index >= 15 is 0 Å². The van der Waals surface area contributed by atoms with Crippen molar-refractivity contribution < 1.29 is 9.84 Å². The average Bonchev–Trinajstić information content (AvgIpc) is 2.54. The minimum absolute atomic E-state index is 0.270. The molecule has 21 heavy (non-hydrogen) atoms. The van der Waals surface area contributed by atoms with Crippen LogP contribution < -0.4 is 5.73 Å².